The van der Waals surface area contributed by atoms with E-state index < -0.39 is 34.9 Å². The molecule has 0 saturated heterocycles. The Kier molecular flexibility index (Phi) is 4.36. The number of carboxylic acids is 1. The largest absolute Gasteiger partial charge is 0.492 e. The fraction of sp³-hybridized carbons (Fsp3) is 0.273. The fourth-order valence-electron chi connectivity index (χ4n) is 1.27. The van der Waals surface area contributed by atoms with E-state index in [9.17, 15) is 22.8 Å². The molecule has 0 atom stereocenters. The molecule has 0 spiro atoms. The van der Waals surface area contributed by atoms with Crippen LogP contribution in [0.25, 0.3) is 0 Å². The van der Waals surface area contributed by atoms with Crippen LogP contribution in [0, 0.1) is 0 Å². The zero-order valence-corrected chi connectivity index (χ0v) is 9.53. The van der Waals surface area contributed by atoms with Crippen molar-refractivity contribution in [3.63, 3.8) is 0 Å². The van der Waals surface area contributed by atoms with Crippen LogP contribution in [0.15, 0.2) is 18.2 Å². The highest BCUT2D eigenvalue weighted by molar-refractivity contribution is 5.88. The van der Waals surface area contributed by atoms with Gasteiger partial charge in [-0.25, -0.2) is 4.79 Å². The third-order valence-electron chi connectivity index (χ3n) is 2.14. The number of hydrogen-bond acceptors (Lipinski definition) is 3. The van der Waals surface area contributed by atoms with Gasteiger partial charge in [-0.3, -0.25) is 4.79 Å². The topological polar surface area (TPSA) is 89.6 Å². The van der Waals surface area contributed by atoms with Gasteiger partial charge in [-0.1, -0.05) is 0 Å². The molecule has 0 radical (unpaired) electrons. The molecule has 0 heterocycles. The van der Waals surface area contributed by atoms with E-state index in [-0.39, 0.29) is 13.0 Å². The first kappa shape index (κ1) is 14.8. The lowest BCUT2D eigenvalue weighted by Crippen LogP contribution is -2.16. The van der Waals surface area contributed by atoms with Crippen LogP contribution in [0.5, 0.6) is 5.75 Å². The van der Waals surface area contributed by atoms with E-state index in [0.717, 1.165) is 12.1 Å². The third-order valence-corrected chi connectivity index (χ3v) is 2.14. The lowest BCUT2D eigenvalue weighted by Gasteiger charge is -2.14. The first-order valence-corrected chi connectivity index (χ1v) is 5.07. The Balaban J connectivity index is 3.03. The standard InChI is InChI=1S/C11H10F3NO4/c12-11(13,14)7-5-6(10(17)18)1-2-8(7)19-4-3-9(15)16/h1-2,5H,3-4H2,(H2,15,16)(H,17,18). The maximum Gasteiger partial charge on any atom is 0.419 e. The highest BCUT2D eigenvalue weighted by Gasteiger charge is 2.35. The molecule has 0 aromatic heterocycles. The van der Waals surface area contributed by atoms with Gasteiger partial charge >= 0.3 is 12.1 Å². The van der Waals surface area contributed by atoms with Crippen molar-refractivity contribution in [2.45, 2.75) is 12.6 Å². The molecule has 8 heteroatoms. The number of ether oxygens (including phenoxy) is 1. The maximum absolute atomic E-state index is 12.7. The summed E-state index contributed by atoms with van der Waals surface area (Å²) in [6.45, 7) is -0.315. The van der Waals surface area contributed by atoms with E-state index in [1.807, 2.05) is 0 Å². The Hall–Kier alpha value is -2.25. The summed E-state index contributed by atoms with van der Waals surface area (Å²) in [5.41, 5.74) is 3.11. The van der Waals surface area contributed by atoms with Crippen molar-refractivity contribution in [2.75, 3.05) is 6.61 Å². The molecule has 0 aliphatic carbocycles. The summed E-state index contributed by atoms with van der Waals surface area (Å²) in [5.74, 6) is -2.73. The predicted octanol–water partition coefficient (Wildman–Crippen LogP) is 1.66. The molecule has 3 N–H and O–H groups in total. The number of rotatable bonds is 5. The summed E-state index contributed by atoms with van der Waals surface area (Å²) in [6, 6.07) is 2.35. The lowest BCUT2D eigenvalue weighted by molar-refractivity contribution is -0.138. The van der Waals surface area contributed by atoms with Gasteiger partial charge in [-0.05, 0) is 18.2 Å². The van der Waals surface area contributed by atoms with E-state index >= 15 is 0 Å². The van der Waals surface area contributed by atoms with Gasteiger partial charge in [0.15, 0.2) is 0 Å². The number of alkyl halides is 3. The molecule has 0 fully saturated rings. The summed E-state index contributed by atoms with van der Waals surface area (Å²) >= 11 is 0. The summed E-state index contributed by atoms with van der Waals surface area (Å²) in [5, 5.41) is 8.65. The molecule has 0 aliphatic heterocycles. The van der Waals surface area contributed by atoms with Gasteiger partial charge < -0.3 is 15.6 Å². The molecule has 1 aromatic rings. The van der Waals surface area contributed by atoms with Gasteiger partial charge in [0.1, 0.15) is 5.75 Å². The van der Waals surface area contributed by atoms with E-state index in [4.69, 9.17) is 15.6 Å². The van der Waals surface area contributed by atoms with Crippen molar-refractivity contribution in [1.29, 1.82) is 0 Å². The highest BCUT2D eigenvalue weighted by Crippen LogP contribution is 2.36. The van der Waals surface area contributed by atoms with Crippen molar-refractivity contribution in [1.82, 2.24) is 0 Å². The predicted molar refractivity (Wildman–Crippen MR) is 57.7 cm³/mol. The Morgan fingerprint density at radius 1 is 1.32 bits per heavy atom. The van der Waals surface area contributed by atoms with Crippen LogP contribution in [0.3, 0.4) is 0 Å². The number of hydrogen-bond donors (Lipinski definition) is 2. The lowest BCUT2D eigenvalue weighted by atomic mass is 10.1. The van der Waals surface area contributed by atoms with Crippen LogP contribution < -0.4 is 10.5 Å². The summed E-state index contributed by atoms with van der Waals surface area (Å²) in [6.07, 6.45) is -4.99. The second-order valence-electron chi connectivity index (χ2n) is 3.58. The van der Waals surface area contributed by atoms with Crippen LogP contribution in [-0.4, -0.2) is 23.6 Å². The number of halogens is 3. The Labute approximate surface area is 105 Å². The number of aromatic carboxylic acids is 1. The van der Waals surface area contributed by atoms with E-state index in [0.29, 0.717) is 6.07 Å². The third kappa shape index (κ3) is 4.16. The van der Waals surface area contributed by atoms with Crippen LogP contribution in [0.4, 0.5) is 13.2 Å². The van der Waals surface area contributed by atoms with Gasteiger partial charge in [-0.2, -0.15) is 13.2 Å². The van der Waals surface area contributed by atoms with Crippen molar-refractivity contribution < 1.29 is 32.6 Å². The molecular formula is C11H10F3NO4. The summed E-state index contributed by atoms with van der Waals surface area (Å²) < 4.78 is 42.9. The first-order valence-electron chi connectivity index (χ1n) is 5.07. The SMILES string of the molecule is NC(=O)CCOc1ccc(C(=O)O)cc1C(F)(F)F. The summed E-state index contributed by atoms with van der Waals surface area (Å²) in [4.78, 5) is 21.1. The normalized spacial score (nSPS) is 11.1. The zero-order valence-electron chi connectivity index (χ0n) is 9.53. The molecule has 1 rings (SSSR count). The van der Waals surface area contributed by atoms with Crippen molar-refractivity contribution in [2.24, 2.45) is 5.73 Å². The number of carbonyl (C=O) groups excluding carboxylic acids is 1. The minimum Gasteiger partial charge on any atom is -0.492 e. The number of benzene rings is 1. The van der Waals surface area contributed by atoms with Gasteiger partial charge in [0.25, 0.3) is 0 Å². The number of carboxylic acid groups (broad SMARTS) is 1. The molecule has 104 valence electrons. The van der Waals surface area contributed by atoms with Crippen molar-refractivity contribution >= 4 is 11.9 Å². The fourth-order valence-corrected chi connectivity index (χ4v) is 1.27. The average Bonchev–Trinajstić information content (AvgIpc) is 2.27. The second-order valence-corrected chi connectivity index (χ2v) is 3.58. The van der Waals surface area contributed by atoms with Crippen LogP contribution >= 0.6 is 0 Å². The van der Waals surface area contributed by atoms with E-state index in [1.54, 1.807) is 0 Å². The highest BCUT2D eigenvalue weighted by atomic mass is 19.4. The summed E-state index contributed by atoms with van der Waals surface area (Å²) in [7, 11) is 0. The van der Waals surface area contributed by atoms with Crippen LogP contribution in [0.1, 0.15) is 22.3 Å². The maximum atomic E-state index is 12.7. The van der Waals surface area contributed by atoms with Gasteiger partial charge in [0, 0.05) is 0 Å². The Morgan fingerprint density at radius 2 is 1.95 bits per heavy atom. The van der Waals surface area contributed by atoms with Gasteiger partial charge in [-0.15, -0.1) is 0 Å². The Morgan fingerprint density at radius 3 is 2.42 bits per heavy atom. The van der Waals surface area contributed by atoms with Gasteiger partial charge in [0.05, 0.1) is 24.2 Å². The molecular weight excluding hydrogens is 267 g/mol. The first-order chi connectivity index (χ1) is 8.71. The minimum atomic E-state index is -4.76. The minimum absolute atomic E-state index is 0.238. The smallest absolute Gasteiger partial charge is 0.419 e. The monoisotopic (exact) mass is 277 g/mol. The van der Waals surface area contributed by atoms with Gasteiger partial charge in [0.2, 0.25) is 5.91 Å². The number of primary amides is 1. The number of carbonyl (C=O) groups is 2. The average molecular weight is 277 g/mol. The molecule has 1 aromatic carbocycles. The second kappa shape index (κ2) is 5.59. The molecule has 19 heavy (non-hydrogen) atoms. The van der Waals surface area contributed by atoms with Crippen LogP contribution in [-0.2, 0) is 11.0 Å². The molecule has 0 saturated carbocycles. The Bertz CT molecular complexity index is 499. The molecule has 0 bridgehead atoms. The quantitative estimate of drug-likeness (QED) is 0.856. The van der Waals surface area contributed by atoms with E-state index in [1.165, 1.54) is 0 Å². The number of amides is 1. The molecule has 5 nitrogen and oxygen atoms in total. The zero-order chi connectivity index (χ0) is 14.6. The van der Waals surface area contributed by atoms with Crippen LogP contribution in [0.2, 0.25) is 0 Å². The van der Waals surface area contributed by atoms with Crippen molar-refractivity contribution in [3.8, 4) is 5.75 Å². The molecule has 0 aliphatic rings. The molecule has 1 amide bonds. The van der Waals surface area contributed by atoms with Crippen molar-refractivity contribution in [3.05, 3.63) is 29.3 Å². The number of nitrogens with two attached hydrogens (primary N) is 1. The van der Waals surface area contributed by atoms with E-state index in [2.05, 4.69) is 0 Å². The molecule has 0 unspecified atom stereocenters.